The number of fused-ring (bicyclic) bond motifs is 2. The van der Waals surface area contributed by atoms with Gasteiger partial charge in [0.25, 0.3) is 0 Å². The Kier molecular flexibility index (Phi) is 7.96. The minimum Gasteiger partial charge on any atom is -0.497 e. The molecule has 224 valence electrons. The smallest absolute Gasteiger partial charge is 0.203 e. The van der Waals surface area contributed by atoms with Crippen molar-refractivity contribution in [3.8, 4) is 28.2 Å². The van der Waals surface area contributed by atoms with E-state index in [1.54, 1.807) is 7.11 Å². The van der Waals surface area contributed by atoms with E-state index >= 15 is 0 Å². The van der Waals surface area contributed by atoms with E-state index in [0.717, 1.165) is 82.0 Å². The third-order valence-corrected chi connectivity index (χ3v) is 8.52. The summed E-state index contributed by atoms with van der Waals surface area (Å²) in [6, 6.07) is 28.5. The molecule has 0 unspecified atom stereocenters. The number of rotatable bonds is 7. The van der Waals surface area contributed by atoms with Crippen LogP contribution in [0.2, 0.25) is 0 Å². The molecular weight excluding hydrogens is 556 g/mol. The SMILES string of the molecule is COc1ccc(N(Cc2ccccc2-c2c3ccc(=[N+]4CCOCC4)cc-3oc3cc(N4CCOCC4)ccc23)N=O)cc1. The van der Waals surface area contributed by atoms with Crippen molar-refractivity contribution in [2.24, 2.45) is 5.29 Å². The van der Waals surface area contributed by atoms with Gasteiger partial charge >= 0.3 is 0 Å². The highest BCUT2D eigenvalue weighted by Crippen LogP contribution is 2.42. The van der Waals surface area contributed by atoms with Crippen LogP contribution in [-0.4, -0.2) is 59.7 Å². The van der Waals surface area contributed by atoms with Crippen molar-refractivity contribution in [2.45, 2.75) is 6.54 Å². The molecule has 3 aliphatic heterocycles. The lowest BCUT2D eigenvalue weighted by atomic mass is 9.90. The van der Waals surface area contributed by atoms with Crippen molar-refractivity contribution in [1.82, 2.24) is 4.58 Å². The highest BCUT2D eigenvalue weighted by atomic mass is 16.5. The van der Waals surface area contributed by atoms with Crippen LogP contribution in [0.4, 0.5) is 11.4 Å². The number of anilines is 2. The molecule has 9 heteroatoms. The number of hydrogen-bond acceptors (Lipinski definition) is 7. The lowest BCUT2D eigenvalue weighted by Crippen LogP contribution is -2.39. The number of morpholine rings is 2. The van der Waals surface area contributed by atoms with E-state index in [1.807, 2.05) is 36.4 Å². The van der Waals surface area contributed by atoms with Gasteiger partial charge in [-0.05, 0) is 53.6 Å². The third kappa shape index (κ3) is 5.52. The first kappa shape index (κ1) is 28.1. The zero-order valence-electron chi connectivity index (χ0n) is 24.8. The first-order valence-corrected chi connectivity index (χ1v) is 15.0. The van der Waals surface area contributed by atoms with E-state index < -0.39 is 0 Å². The Hall–Kier alpha value is -4.73. The summed E-state index contributed by atoms with van der Waals surface area (Å²) in [6.07, 6.45) is 0. The Balaban J connectivity index is 1.39. The zero-order valence-corrected chi connectivity index (χ0v) is 24.8. The standard InChI is InChI=1S/C35H35N4O5/c1-41-29-10-6-26(7-11-29)39(36-40)24-25-4-2-3-5-30(25)35-31-12-8-27(37-14-18-42-19-15-37)22-33(31)44-34-23-28(9-13-32(34)35)38-16-20-43-21-17-38/h2-13,22-23H,14-21,24H2,1H3/q+1. The van der Waals surface area contributed by atoms with Crippen LogP contribution in [0.5, 0.6) is 5.75 Å². The molecule has 2 saturated heterocycles. The lowest BCUT2D eigenvalue weighted by Gasteiger charge is -2.29. The number of methoxy groups -OCH3 is 1. The highest BCUT2D eigenvalue weighted by Gasteiger charge is 2.23. The second-order valence-corrected chi connectivity index (χ2v) is 11.0. The summed E-state index contributed by atoms with van der Waals surface area (Å²) in [5.74, 6) is 1.53. The quantitative estimate of drug-likeness (QED) is 0.106. The minimum atomic E-state index is 0.304. The van der Waals surface area contributed by atoms with Crippen LogP contribution in [0.3, 0.4) is 0 Å². The van der Waals surface area contributed by atoms with Crippen LogP contribution < -0.4 is 24.6 Å². The van der Waals surface area contributed by atoms with E-state index in [9.17, 15) is 4.91 Å². The van der Waals surface area contributed by atoms with Gasteiger partial charge in [-0.3, -0.25) is 0 Å². The Morgan fingerprint density at radius 2 is 1.64 bits per heavy atom. The molecule has 0 spiro atoms. The van der Waals surface area contributed by atoms with Gasteiger partial charge in [0, 0.05) is 47.4 Å². The fourth-order valence-corrected chi connectivity index (χ4v) is 6.18. The molecule has 1 aliphatic carbocycles. The maximum atomic E-state index is 12.1. The largest absolute Gasteiger partial charge is 0.497 e. The molecule has 0 N–H and O–H groups in total. The van der Waals surface area contributed by atoms with Crippen LogP contribution in [0.1, 0.15) is 5.56 Å². The van der Waals surface area contributed by atoms with Gasteiger partial charge in [-0.25, -0.2) is 9.58 Å². The minimum absolute atomic E-state index is 0.304. The van der Waals surface area contributed by atoms with Gasteiger partial charge in [0.2, 0.25) is 5.36 Å². The molecule has 0 amide bonds. The second-order valence-electron chi connectivity index (χ2n) is 11.0. The Bertz CT molecular complexity index is 1820. The topological polar surface area (TPSA) is 79.8 Å². The van der Waals surface area contributed by atoms with E-state index in [4.69, 9.17) is 18.6 Å². The van der Waals surface area contributed by atoms with Crippen LogP contribution in [0, 0.1) is 4.91 Å². The molecule has 7 rings (SSSR count). The summed E-state index contributed by atoms with van der Waals surface area (Å²) in [6.45, 7) is 6.53. The van der Waals surface area contributed by atoms with Crippen molar-refractivity contribution in [3.05, 3.63) is 101 Å². The zero-order chi connectivity index (χ0) is 29.9. The van der Waals surface area contributed by atoms with Gasteiger partial charge in [-0.1, -0.05) is 24.3 Å². The summed E-state index contributed by atoms with van der Waals surface area (Å²) < 4.78 is 25.5. The fourth-order valence-electron chi connectivity index (χ4n) is 6.18. The number of ether oxygens (including phenoxy) is 3. The number of nitrogens with zero attached hydrogens (tertiary/aromatic N) is 4. The van der Waals surface area contributed by atoms with Crippen LogP contribution in [0.15, 0.2) is 94.6 Å². The first-order valence-electron chi connectivity index (χ1n) is 15.0. The molecule has 0 bridgehead atoms. The Morgan fingerprint density at radius 1 is 0.864 bits per heavy atom. The normalized spacial score (nSPS) is 15.5. The van der Waals surface area contributed by atoms with Crippen LogP contribution >= 0.6 is 0 Å². The monoisotopic (exact) mass is 591 g/mol. The average Bonchev–Trinajstić information content (AvgIpc) is 3.10. The van der Waals surface area contributed by atoms with Crippen molar-refractivity contribution in [2.75, 3.05) is 69.6 Å². The molecule has 2 fully saturated rings. The molecule has 0 radical (unpaired) electrons. The maximum Gasteiger partial charge on any atom is 0.203 e. The van der Waals surface area contributed by atoms with Gasteiger partial charge in [0.15, 0.2) is 13.1 Å². The van der Waals surface area contributed by atoms with Crippen LogP contribution in [-0.2, 0) is 16.0 Å². The summed E-state index contributed by atoms with van der Waals surface area (Å²) in [5.41, 5.74) is 6.70. The predicted octanol–water partition coefficient (Wildman–Crippen LogP) is 5.54. The molecule has 4 aliphatic rings. The summed E-state index contributed by atoms with van der Waals surface area (Å²) in [7, 11) is 1.62. The molecule has 9 nitrogen and oxygen atoms in total. The molecule has 0 saturated carbocycles. The number of benzene rings is 4. The maximum absolute atomic E-state index is 12.1. The number of nitroso groups, excluding NO2 is 1. The van der Waals surface area contributed by atoms with Crippen molar-refractivity contribution in [1.29, 1.82) is 0 Å². The van der Waals surface area contributed by atoms with Crippen LogP contribution in [0.25, 0.3) is 33.4 Å². The average molecular weight is 592 g/mol. The molecule has 0 aromatic heterocycles. The van der Waals surface area contributed by atoms with E-state index in [0.29, 0.717) is 38.7 Å². The molecule has 3 aromatic rings. The third-order valence-electron chi connectivity index (χ3n) is 8.52. The van der Waals surface area contributed by atoms with E-state index in [-0.39, 0.29) is 0 Å². The first-order chi connectivity index (χ1) is 21.7. The van der Waals surface area contributed by atoms with Crippen molar-refractivity contribution in [3.63, 3.8) is 0 Å². The molecule has 3 aromatic carbocycles. The molecule has 44 heavy (non-hydrogen) atoms. The highest BCUT2D eigenvalue weighted by molar-refractivity contribution is 6.03. The summed E-state index contributed by atoms with van der Waals surface area (Å²) in [4.78, 5) is 14.5. The van der Waals surface area contributed by atoms with Crippen molar-refractivity contribution >= 4 is 22.3 Å². The lowest BCUT2D eigenvalue weighted by molar-refractivity contribution is 0.0965. The number of hydrogen-bond donors (Lipinski definition) is 0. The molecular formula is C35H35N4O5+. The van der Waals surface area contributed by atoms with E-state index in [1.165, 1.54) is 5.01 Å². The predicted molar refractivity (Wildman–Crippen MR) is 172 cm³/mol. The molecule has 3 heterocycles. The van der Waals surface area contributed by atoms with Gasteiger partial charge in [0.1, 0.15) is 30.3 Å². The fraction of sp³-hybridized carbons (Fsp3) is 0.286. The van der Waals surface area contributed by atoms with E-state index in [2.05, 4.69) is 63.3 Å². The van der Waals surface area contributed by atoms with Gasteiger partial charge in [-0.2, -0.15) is 0 Å². The summed E-state index contributed by atoms with van der Waals surface area (Å²) >= 11 is 0. The van der Waals surface area contributed by atoms with Gasteiger partial charge in [0.05, 0.1) is 43.9 Å². The summed E-state index contributed by atoms with van der Waals surface area (Å²) in [5, 5.41) is 6.99. The Morgan fingerprint density at radius 3 is 2.41 bits per heavy atom. The van der Waals surface area contributed by atoms with Gasteiger partial charge in [-0.15, -0.1) is 4.91 Å². The second kappa shape index (κ2) is 12.5. The Labute approximate surface area is 255 Å². The van der Waals surface area contributed by atoms with Gasteiger partial charge < -0.3 is 23.5 Å². The molecule has 0 atom stereocenters. The van der Waals surface area contributed by atoms with Crippen molar-refractivity contribution < 1.29 is 18.6 Å².